The Morgan fingerprint density at radius 1 is 1.25 bits per heavy atom. The summed E-state index contributed by atoms with van der Waals surface area (Å²) < 4.78 is 5.50. The minimum atomic E-state index is -0.409. The first-order chi connectivity index (χ1) is 13.5. The summed E-state index contributed by atoms with van der Waals surface area (Å²) in [5, 5.41) is 11.8. The molecule has 2 unspecified atom stereocenters. The van der Waals surface area contributed by atoms with Crippen molar-refractivity contribution in [2.24, 2.45) is 0 Å². The number of carbonyl (C=O) groups excluding carboxylic acids is 3. The average Bonchev–Trinajstić information content (AvgIpc) is 3.45. The van der Waals surface area contributed by atoms with Gasteiger partial charge >= 0.3 is 0 Å². The molecule has 1 aliphatic heterocycles. The Morgan fingerprint density at radius 3 is 2.79 bits per heavy atom. The van der Waals surface area contributed by atoms with Crippen molar-refractivity contribution in [3.63, 3.8) is 0 Å². The fourth-order valence-electron chi connectivity index (χ4n) is 2.90. The van der Waals surface area contributed by atoms with Gasteiger partial charge in [-0.15, -0.1) is 11.8 Å². The zero-order valence-electron chi connectivity index (χ0n) is 15.8. The first-order valence-electron chi connectivity index (χ1n) is 9.51. The quantitative estimate of drug-likeness (QED) is 0.491. The Kier molecular flexibility index (Phi) is 7.16. The minimum absolute atomic E-state index is 0.0382. The molecule has 152 valence electrons. The molecule has 3 amide bonds. The number of amides is 3. The van der Waals surface area contributed by atoms with Gasteiger partial charge in [-0.3, -0.25) is 19.7 Å². The Morgan fingerprint density at radius 2 is 2.04 bits per heavy atom. The maximum absolute atomic E-state index is 12.3. The molecule has 28 heavy (non-hydrogen) atoms. The number of nitrogens with one attached hydrogen (secondary N) is 4. The highest BCUT2D eigenvalue weighted by atomic mass is 32.2. The van der Waals surface area contributed by atoms with Crippen LogP contribution in [0.3, 0.4) is 0 Å². The first kappa shape index (κ1) is 20.5. The standard InChI is InChI=1S/C19H26N4O4S/c1-2-27-15-6-4-3-5-14(15)22-18(26)11-28-19-21-13(10-17(25)23-19)9-16(24)20-12-7-8-12/h3-6,12-13,19,21H,2,7-11H2,1H3,(H,20,24)(H,22,26)(H,23,25). The van der Waals surface area contributed by atoms with Gasteiger partial charge < -0.3 is 20.7 Å². The Balaban J connectivity index is 1.45. The van der Waals surface area contributed by atoms with Gasteiger partial charge in [0.25, 0.3) is 0 Å². The van der Waals surface area contributed by atoms with E-state index in [-0.39, 0.29) is 42.4 Å². The molecule has 1 aromatic carbocycles. The predicted octanol–water partition coefficient (Wildman–Crippen LogP) is 1.19. The number of ether oxygens (including phenoxy) is 1. The van der Waals surface area contributed by atoms with Gasteiger partial charge in [-0.1, -0.05) is 12.1 Å². The van der Waals surface area contributed by atoms with Crippen LogP contribution in [0.5, 0.6) is 5.75 Å². The van der Waals surface area contributed by atoms with Crippen LogP contribution >= 0.6 is 11.8 Å². The molecule has 1 aromatic rings. The number of hydrogen-bond acceptors (Lipinski definition) is 6. The van der Waals surface area contributed by atoms with Crippen molar-refractivity contribution in [3.8, 4) is 5.75 Å². The molecule has 8 nitrogen and oxygen atoms in total. The van der Waals surface area contributed by atoms with Gasteiger partial charge in [0.15, 0.2) is 0 Å². The lowest BCUT2D eigenvalue weighted by Crippen LogP contribution is -2.56. The number of thioether (sulfide) groups is 1. The van der Waals surface area contributed by atoms with Crippen molar-refractivity contribution >= 4 is 35.2 Å². The zero-order valence-corrected chi connectivity index (χ0v) is 16.6. The van der Waals surface area contributed by atoms with Gasteiger partial charge in [-0.2, -0.15) is 0 Å². The van der Waals surface area contributed by atoms with Crippen LogP contribution in [0.2, 0.25) is 0 Å². The van der Waals surface area contributed by atoms with E-state index in [2.05, 4.69) is 21.3 Å². The van der Waals surface area contributed by atoms with Gasteiger partial charge in [-0.05, 0) is 31.9 Å². The molecule has 2 aliphatic rings. The molecule has 4 N–H and O–H groups in total. The molecular formula is C19H26N4O4S. The second kappa shape index (κ2) is 9.79. The van der Waals surface area contributed by atoms with Gasteiger partial charge in [-0.25, -0.2) is 0 Å². The fraction of sp³-hybridized carbons (Fsp3) is 0.526. The number of rotatable bonds is 9. The summed E-state index contributed by atoms with van der Waals surface area (Å²) in [5.41, 5.74) is 0.207. The molecule has 0 radical (unpaired) electrons. The summed E-state index contributed by atoms with van der Waals surface area (Å²) in [6, 6.07) is 7.32. The molecule has 0 spiro atoms. The van der Waals surface area contributed by atoms with Gasteiger partial charge in [0, 0.05) is 24.9 Å². The number of hydrogen-bond donors (Lipinski definition) is 4. The summed E-state index contributed by atoms with van der Waals surface area (Å²) in [6.45, 7) is 2.39. The molecule has 2 atom stereocenters. The van der Waals surface area contributed by atoms with E-state index in [9.17, 15) is 14.4 Å². The van der Waals surface area contributed by atoms with Crippen molar-refractivity contribution < 1.29 is 19.1 Å². The lowest BCUT2D eigenvalue weighted by Gasteiger charge is -2.30. The summed E-state index contributed by atoms with van der Waals surface area (Å²) in [7, 11) is 0. The van der Waals surface area contributed by atoms with Crippen LogP contribution < -0.4 is 26.0 Å². The van der Waals surface area contributed by atoms with E-state index >= 15 is 0 Å². The zero-order chi connectivity index (χ0) is 19.9. The molecule has 0 aromatic heterocycles. The normalized spacial score (nSPS) is 21.5. The topological polar surface area (TPSA) is 109 Å². The minimum Gasteiger partial charge on any atom is -0.492 e. The van der Waals surface area contributed by atoms with E-state index < -0.39 is 5.50 Å². The van der Waals surface area contributed by atoms with E-state index in [1.165, 1.54) is 11.8 Å². The van der Waals surface area contributed by atoms with Crippen LogP contribution in [-0.2, 0) is 14.4 Å². The third-order valence-electron chi connectivity index (χ3n) is 4.33. The highest BCUT2D eigenvalue weighted by molar-refractivity contribution is 8.00. The smallest absolute Gasteiger partial charge is 0.234 e. The molecule has 1 saturated heterocycles. The average molecular weight is 407 g/mol. The highest BCUT2D eigenvalue weighted by Crippen LogP contribution is 2.24. The molecule has 2 fully saturated rings. The van der Waals surface area contributed by atoms with Crippen LogP contribution in [0, 0.1) is 0 Å². The molecule has 1 aliphatic carbocycles. The largest absolute Gasteiger partial charge is 0.492 e. The fourth-order valence-corrected chi connectivity index (χ4v) is 3.79. The molecule has 0 bridgehead atoms. The Labute approximate surface area is 168 Å². The van der Waals surface area contributed by atoms with E-state index in [0.717, 1.165) is 12.8 Å². The Hall–Kier alpha value is -2.26. The van der Waals surface area contributed by atoms with E-state index in [1.54, 1.807) is 12.1 Å². The first-order valence-corrected chi connectivity index (χ1v) is 10.6. The maximum atomic E-state index is 12.3. The summed E-state index contributed by atoms with van der Waals surface area (Å²) in [6.07, 6.45) is 2.58. The summed E-state index contributed by atoms with van der Waals surface area (Å²) >= 11 is 1.28. The lowest BCUT2D eigenvalue weighted by molar-refractivity contribution is -0.125. The Bertz CT molecular complexity index is 726. The van der Waals surface area contributed by atoms with Crippen LogP contribution in [0.25, 0.3) is 0 Å². The van der Waals surface area contributed by atoms with Crippen LogP contribution in [0.4, 0.5) is 5.69 Å². The lowest BCUT2D eigenvalue weighted by atomic mass is 10.1. The van der Waals surface area contributed by atoms with Crippen LogP contribution in [0.15, 0.2) is 24.3 Å². The number of para-hydroxylation sites is 2. The molecule has 9 heteroatoms. The number of benzene rings is 1. The van der Waals surface area contributed by atoms with Crippen LogP contribution in [-0.4, -0.2) is 47.7 Å². The third-order valence-corrected chi connectivity index (χ3v) is 5.34. The second-order valence-corrected chi connectivity index (χ2v) is 7.94. The van der Waals surface area contributed by atoms with Crippen molar-refractivity contribution in [2.75, 3.05) is 17.7 Å². The van der Waals surface area contributed by atoms with Gasteiger partial charge in [0.1, 0.15) is 11.2 Å². The van der Waals surface area contributed by atoms with E-state index in [4.69, 9.17) is 4.74 Å². The summed E-state index contributed by atoms with van der Waals surface area (Å²) in [4.78, 5) is 36.2. The van der Waals surface area contributed by atoms with Crippen molar-refractivity contribution in [1.82, 2.24) is 16.0 Å². The van der Waals surface area contributed by atoms with Gasteiger partial charge in [0.05, 0.1) is 18.0 Å². The van der Waals surface area contributed by atoms with Crippen molar-refractivity contribution in [2.45, 2.75) is 50.2 Å². The molecule has 1 saturated carbocycles. The van der Waals surface area contributed by atoms with E-state index in [1.807, 2.05) is 19.1 Å². The molecular weight excluding hydrogens is 380 g/mol. The maximum Gasteiger partial charge on any atom is 0.234 e. The second-order valence-electron chi connectivity index (χ2n) is 6.85. The molecule has 3 rings (SSSR count). The van der Waals surface area contributed by atoms with E-state index in [0.29, 0.717) is 24.1 Å². The highest BCUT2D eigenvalue weighted by Gasteiger charge is 2.30. The van der Waals surface area contributed by atoms with Crippen LogP contribution in [0.1, 0.15) is 32.6 Å². The SMILES string of the molecule is CCOc1ccccc1NC(=O)CSC1NC(=O)CC(CC(=O)NC2CC2)N1. The van der Waals surface area contributed by atoms with Crippen molar-refractivity contribution in [1.29, 1.82) is 0 Å². The van der Waals surface area contributed by atoms with Gasteiger partial charge in [0.2, 0.25) is 17.7 Å². The number of carbonyl (C=O) groups is 3. The number of anilines is 1. The predicted molar refractivity (Wildman–Crippen MR) is 108 cm³/mol. The molecule has 1 heterocycles. The van der Waals surface area contributed by atoms with Crippen molar-refractivity contribution in [3.05, 3.63) is 24.3 Å². The monoisotopic (exact) mass is 406 g/mol. The third kappa shape index (κ3) is 6.42. The summed E-state index contributed by atoms with van der Waals surface area (Å²) in [5.74, 6) is 0.418.